The molecule has 3 nitrogen and oxygen atoms in total. The van der Waals surface area contributed by atoms with Gasteiger partial charge in [-0.25, -0.2) is 9.97 Å². The molecule has 0 spiro atoms. The molecule has 0 aromatic carbocycles. The van der Waals surface area contributed by atoms with Gasteiger partial charge in [-0.3, -0.25) is 0 Å². The molecule has 1 atom stereocenters. The van der Waals surface area contributed by atoms with Crippen molar-refractivity contribution < 1.29 is 0 Å². The molecule has 1 aromatic rings. The van der Waals surface area contributed by atoms with E-state index < -0.39 is 0 Å². The third-order valence-electron chi connectivity index (χ3n) is 2.31. The molecule has 2 heterocycles. The number of anilines is 1. The molecule has 14 heavy (non-hydrogen) atoms. The van der Waals surface area contributed by atoms with Crippen LogP contribution >= 0.6 is 34.2 Å². The van der Waals surface area contributed by atoms with E-state index in [1.807, 2.05) is 6.20 Å². The maximum Gasteiger partial charge on any atom is 0.145 e. The molecular weight excluding hydrogens is 312 g/mol. The van der Waals surface area contributed by atoms with E-state index in [1.54, 1.807) is 6.33 Å². The Hall–Kier alpha value is -0.100. The topological polar surface area (TPSA) is 29.0 Å². The summed E-state index contributed by atoms with van der Waals surface area (Å²) >= 11 is 8.39. The Morgan fingerprint density at radius 3 is 3.14 bits per heavy atom. The summed E-state index contributed by atoms with van der Waals surface area (Å²) in [6.07, 6.45) is 5.68. The summed E-state index contributed by atoms with van der Waals surface area (Å²) in [6.45, 7) is 1.95. The number of halogens is 2. The van der Waals surface area contributed by atoms with E-state index >= 15 is 0 Å². The van der Waals surface area contributed by atoms with Crippen LogP contribution in [0.2, 0.25) is 0 Å². The van der Waals surface area contributed by atoms with Crippen molar-refractivity contribution in [2.75, 3.05) is 18.0 Å². The maximum absolute atomic E-state index is 6.13. The van der Waals surface area contributed by atoms with Crippen LogP contribution in [0.25, 0.3) is 0 Å². The second-order valence-corrected chi connectivity index (χ2v) is 5.16. The highest BCUT2D eigenvalue weighted by molar-refractivity contribution is 14.1. The van der Waals surface area contributed by atoms with Crippen molar-refractivity contribution in [2.24, 2.45) is 0 Å². The Balaban J connectivity index is 2.18. The first-order valence-corrected chi connectivity index (χ1v) is 6.13. The monoisotopic (exact) mass is 323 g/mol. The van der Waals surface area contributed by atoms with Crippen molar-refractivity contribution in [3.63, 3.8) is 0 Å². The van der Waals surface area contributed by atoms with Crippen LogP contribution in [0.5, 0.6) is 0 Å². The molecule has 1 aromatic heterocycles. The van der Waals surface area contributed by atoms with Gasteiger partial charge in [0.05, 0.1) is 8.95 Å². The summed E-state index contributed by atoms with van der Waals surface area (Å²) in [4.78, 5) is 10.5. The average Bonchev–Trinajstić information content (AvgIpc) is 2.18. The van der Waals surface area contributed by atoms with Gasteiger partial charge in [-0.1, -0.05) is 0 Å². The molecule has 5 heteroatoms. The highest BCUT2D eigenvalue weighted by Gasteiger charge is 2.20. The van der Waals surface area contributed by atoms with Crippen molar-refractivity contribution in [1.82, 2.24) is 9.97 Å². The Bertz CT molecular complexity index is 321. The minimum Gasteiger partial charge on any atom is -0.354 e. The van der Waals surface area contributed by atoms with Gasteiger partial charge in [-0.05, 0) is 35.4 Å². The summed E-state index contributed by atoms with van der Waals surface area (Å²) < 4.78 is 1.09. The Morgan fingerprint density at radius 1 is 1.57 bits per heavy atom. The van der Waals surface area contributed by atoms with Gasteiger partial charge < -0.3 is 4.90 Å². The van der Waals surface area contributed by atoms with Crippen molar-refractivity contribution >= 4 is 40.0 Å². The van der Waals surface area contributed by atoms with Crippen LogP contribution in [-0.4, -0.2) is 28.4 Å². The van der Waals surface area contributed by atoms with Crippen LogP contribution in [0.3, 0.4) is 0 Å². The fourth-order valence-electron chi connectivity index (χ4n) is 1.66. The van der Waals surface area contributed by atoms with Crippen LogP contribution < -0.4 is 4.90 Å². The number of alkyl halides is 1. The number of hydrogen-bond donors (Lipinski definition) is 0. The second-order valence-electron chi connectivity index (χ2n) is 3.38. The highest BCUT2D eigenvalue weighted by atomic mass is 127. The first-order valence-electron chi connectivity index (χ1n) is 4.62. The zero-order valence-electron chi connectivity index (χ0n) is 7.66. The molecule has 1 aliphatic rings. The minimum absolute atomic E-state index is 0.259. The van der Waals surface area contributed by atoms with Crippen molar-refractivity contribution in [3.8, 4) is 0 Å². The van der Waals surface area contributed by atoms with Gasteiger partial charge in [0, 0.05) is 19.3 Å². The van der Waals surface area contributed by atoms with Gasteiger partial charge in [0.15, 0.2) is 0 Å². The lowest BCUT2D eigenvalue weighted by molar-refractivity contribution is 0.578. The fourth-order valence-corrected chi connectivity index (χ4v) is 2.62. The van der Waals surface area contributed by atoms with Gasteiger partial charge in [-0.15, -0.1) is 11.6 Å². The van der Waals surface area contributed by atoms with E-state index in [0.29, 0.717) is 0 Å². The summed E-state index contributed by atoms with van der Waals surface area (Å²) in [5.74, 6) is 1.02. The van der Waals surface area contributed by atoms with Gasteiger partial charge in [0.1, 0.15) is 12.1 Å². The minimum atomic E-state index is 0.259. The number of rotatable bonds is 1. The Morgan fingerprint density at radius 2 is 2.43 bits per heavy atom. The standard InChI is InChI=1S/C9H11ClIN3/c10-7-2-1-3-14(5-7)9-8(11)4-12-6-13-9/h4,6-7H,1-3,5H2. The van der Waals surface area contributed by atoms with E-state index in [9.17, 15) is 0 Å². The number of aromatic nitrogens is 2. The first-order chi connectivity index (χ1) is 6.77. The fraction of sp³-hybridized carbons (Fsp3) is 0.556. The van der Waals surface area contributed by atoms with E-state index in [-0.39, 0.29) is 5.38 Å². The number of hydrogen-bond acceptors (Lipinski definition) is 3. The largest absolute Gasteiger partial charge is 0.354 e. The highest BCUT2D eigenvalue weighted by Crippen LogP contribution is 2.23. The lowest BCUT2D eigenvalue weighted by atomic mass is 10.1. The van der Waals surface area contributed by atoms with Gasteiger partial charge >= 0.3 is 0 Å². The Kier molecular flexibility index (Phi) is 3.43. The van der Waals surface area contributed by atoms with Crippen LogP contribution in [-0.2, 0) is 0 Å². The normalized spacial score (nSPS) is 22.4. The molecule has 0 aliphatic carbocycles. The lowest BCUT2D eigenvalue weighted by Crippen LogP contribution is -2.36. The van der Waals surface area contributed by atoms with Crippen LogP contribution in [0, 0.1) is 3.57 Å². The summed E-state index contributed by atoms with van der Waals surface area (Å²) in [5.41, 5.74) is 0. The third-order valence-corrected chi connectivity index (χ3v) is 3.43. The smallest absolute Gasteiger partial charge is 0.145 e. The van der Waals surface area contributed by atoms with Crippen molar-refractivity contribution in [2.45, 2.75) is 18.2 Å². The van der Waals surface area contributed by atoms with Gasteiger partial charge in [0.2, 0.25) is 0 Å². The quantitative estimate of drug-likeness (QED) is 0.586. The van der Waals surface area contributed by atoms with E-state index in [0.717, 1.165) is 35.3 Å². The zero-order valence-corrected chi connectivity index (χ0v) is 10.6. The van der Waals surface area contributed by atoms with Gasteiger partial charge in [-0.2, -0.15) is 0 Å². The van der Waals surface area contributed by atoms with E-state index in [1.165, 1.54) is 0 Å². The summed E-state index contributed by atoms with van der Waals surface area (Å²) in [6, 6.07) is 0. The second kappa shape index (κ2) is 4.61. The van der Waals surface area contributed by atoms with E-state index in [2.05, 4.69) is 37.5 Å². The molecule has 2 rings (SSSR count). The molecule has 1 unspecified atom stereocenters. The molecule has 0 saturated carbocycles. The molecule has 0 bridgehead atoms. The molecule has 1 aliphatic heterocycles. The molecule has 1 fully saturated rings. The number of nitrogens with zero attached hydrogens (tertiary/aromatic N) is 3. The Labute approximate surface area is 102 Å². The van der Waals surface area contributed by atoms with Crippen LogP contribution in [0.1, 0.15) is 12.8 Å². The van der Waals surface area contributed by atoms with Crippen LogP contribution in [0.4, 0.5) is 5.82 Å². The van der Waals surface area contributed by atoms with Gasteiger partial charge in [0.25, 0.3) is 0 Å². The maximum atomic E-state index is 6.13. The predicted molar refractivity (Wildman–Crippen MR) is 65.8 cm³/mol. The third kappa shape index (κ3) is 2.28. The molecule has 0 N–H and O–H groups in total. The van der Waals surface area contributed by atoms with Crippen molar-refractivity contribution in [3.05, 3.63) is 16.1 Å². The SMILES string of the molecule is ClC1CCCN(c2ncncc2I)C1. The lowest BCUT2D eigenvalue weighted by Gasteiger charge is -2.31. The summed E-state index contributed by atoms with van der Waals surface area (Å²) in [7, 11) is 0. The summed E-state index contributed by atoms with van der Waals surface area (Å²) in [5, 5.41) is 0.259. The van der Waals surface area contributed by atoms with Crippen molar-refractivity contribution in [1.29, 1.82) is 0 Å². The molecule has 1 saturated heterocycles. The first kappa shape index (κ1) is 10.4. The molecule has 0 amide bonds. The van der Waals surface area contributed by atoms with Crippen LogP contribution in [0.15, 0.2) is 12.5 Å². The zero-order chi connectivity index (χ0) is 9.97. The average molecular weight is 324 g/mol. The molecule has 76 valence electrons. The van der Waals surface area contributed by atoms with E-state index in [4.69, 9.17) is 11.6 Å². The molecule has 0 radical (unpaired) electrons. The predicted octanol–water partition coefficient (Wildman–Crippen LogP) is 2.29. The number of piperidine rings is 1. The molecular formula is C9H11ClIN3.